The molecule has 0 fully saturated rings. The Morgan fingerprint density at radius 1 is 1.21 bits per heavy atom. The van der Waals surface area contributed by atoms with Gasteiger partial charge in [0.15, 0.2) is 17.5 Å². The molecule has 0 amide bonds. The van der Waals surface area contributed by atoms with Crippen molar-refractivity contribution in [3.63, 3.8) is 0 Å². The Hall–Kier alpha value is -1.12. The van der Waals surface area contributed by atoms with Crippen LogP contribution in [0.25, 0.3) is 0 Å². The molecule has 0 bridgehead atoms. The van der Waals surface area contributed by atoms with Gasteiger partial charge in [0.1, 0.15) is 4.90 Å². The molecule has 1 atom stereocenters. The second-order valence-electron chi connectivity index (χ2n) is 4.43. The molecule has 1 rings (SSSR count). The molecule has 0 aliphatic carbocycles. The standard InChI is InChI=1S/C11H15F3N2O2S/c1-6(2)8(15)5-16-19(17,18)9-4-3-7(12)10(13)11(9)14/h3-4,6,8,16H,5,15H2,1-2H3. The predicted molar refractivity (Wildman–Crippen MR) is 64.3 cm³/mol. The van der Waals surface area contributed by atoms with E-state index in [-0.39, 0.29) is 12.5 Å². The van der Waals surface area contributed by atoms with Gasteiger partial charge >= 0.3 is 0 Å². The minimum Gasteiger partial charge on any atom is -0.326 e. The number of hydrogen-bond acceptors (Lipinski definition) is 3. The van der Waals surface area contributed by atoms with Gasteiger partial charge < -0.3 is 5.73 Å². The van der Waals surface area contributed by atoms with Gasteiger partial charge in [0.25, 0.3) is 0 Å². The van der Waals surface area contributed by atoms with E-state index in [0.29, 0.717) is 12.1 Å². The van der Waals surface area contributed by atoms with Gasteiger partial charge in [0.05, 0.1) is 0 Å². The summed E-state index contributed by atoms with van der Waals surface area (Å²) in [6.07, 6.45) is 0. The summed E-state index contributed by atoms with van der Waals surface area (Å²) in [4.78, 5) is -0.942. The van der Waals surface area contributed by atoms with Crippen molar-refractivity contribution in [1.29, 1.82) is 0 Å². The molecule has 1 aromatic carbocycles. The Bertz CT molecular complexity index is 561. The number of rotatable bonds is 5. The van der Waals surface area contributed by atoms with Gasteiger partial charge in [0.2, 0.25) is 10.0 Å². The molecular formula is C11H15F3N2O2S. The fraction of sp³-hybridized carbons (Fsp3) is 0.455. The van der Waals surface area contributed by atoms with Gasteiger partial charge in [0, 0.05) is 12.6 Å². The van der Waals surface area contributed by atoms with Crippen LogP contribution < -0.4 is 10.5 Å². The van der Waals surface area contributed by atoms with Gasteiger partial charge in [-0.2, -0.15) is 0 Å². The van der Waals surface area contributed by atoms with Crippen molar-refractivity contribution >= 4 is 10.0 Å². The van der Waals surface area contributed by atoms with Crippen LogP contribution in [0.4, 0.5) is 13.2 Å². The Morgan fingerprint density at radius 2 is 1.79 bits per heavy atom. The predicted octanol–water partition coefficient (Wildman–Crippen LogP) is 1.37. The van der Waals surface area contributed by atoms with Crippen LogP contribution in [0, 0.1) is 23.4 Å². The first-order valence-corrected chi connectivity index (χ1v) is 7.04. The highest BCUT2D eigenvalue weighted by Gasteiger charge is 2.24. The second-order valence-corrected chi connectivity index (χ2v) is 6.17. The largest absolute Gasteiger partial charge is 0.326 e. The fourth-order valence-corrected chi connectivity index (χ4v) is 2.38. The highest BCUT2D eigenvalue weighted by Crippen LogP contribution is 2.19. The zero-order chi connectivity index (χ0) is 14.8. The molecule has 4 nitrogen and oxygen atoms in total. The number of benzene rings is 1. The van der Waals surface area contributed by atoms with E-state index < -0.39 is 38.4 Å². The van der Waals surface area contributed by atoms with E-state index in [1.165, 1.54) is 0 Å². The smallest absolute Gasteiger partial charge is 0.243 e. The third kappa shape index (κ3) is 3.68. The Labute approximate surface area is 109 Å². The number of sulfonamides is 1. The van der Waals surface area contributed by atoms with Crippen molar-refractivity contribution in [1.82, 2.24) is 4.72 Å². The maximum absolute atomic E-state index is 13.4. The molecule has 108 valence electrons. The molecule has 0 spiro atoms. The summed E-state index contributed by atoms with van der Waals surface area (Å²) in [7, 11) is -4.27. The fourth-order valence-electron chi connectivity index (χ4n) is 1.24. The molecule has 0 saturated heterocycles. The lowest BCUT2D eigenvalue weighted by molar-refractivity contribution is 0.430. The maximum Gasteiger partial charge on any atom is 0.243 e. The third-order valence-corrected chi connectivity index (χ3v) is 4.10. The summed E-state index contributed by atoms with van der Waals surface area (Å²) in [5, 5.41) is 0. The van der Waals surface area contributed by atoms with Crippen molar-refractivity contribution in [2.45, 2.75) is 24.8 Å². The van der Waals surface area contributed by atoms with Crippen LogP contribution >= 0.6 is 0 Å². The molecule has 1 unspecified atom stereocenters. The van der Waals surface area contributed by atoms with Crippen LogP contribution in [0.1, 0.15) is 13.8 Å². The third-order valence-electron chi connectivity index (χ3n) is 2.65. The number of halogens is 3. The molecule has 0 saturated carbocycles. The first kappa shape index (κ1) is 15.9. The van der Waals surface area contributed by atoms with Crippen molar-refractivity contribution in [3.8, 4) is 0 Å². The van der Waals surface area contributed by atoms with Gasteiger partial charge in [-0.3, -0.25) is 0 Å². The van der Waals surface area contributed by atoms with Crippen LogP contribution in [0.2, 0.25) is 0 Å². The zero-order valence-corrected chi connectivity index (χ0v) is 11.3. The molecule has 0 radical (unpaired) electrons. The Kier molecular flexibility index (Phi) is 4.94. The van der Waals surface area contributed by atoms with Crippen LogP contribution in [-0.4, -0.2) is 21.0 Å². The number of nitrogens with two attached hydrogens (primary N) is 1. The van der Waals surface area contributed by atoms with Crippen LogP contribution in [0.5, 0.6) is 0 Å². The normalized spacial score (nSPS) is 13.8. The lowest BCUT2D eigenvalue weighted by atomic mass is 10.1. The maximum atomic E-state index is 13.4. The lowest BCUT2D eigenvalue weighted by Crippen LogP contribution is -2.40. The molecule has 1 aromatic rings. The summed E-state index contributed by atoms with van der Waals surface area (Å²) in [5.41, 5.74) is 5.64. The van der Waals surface area contributed by atoms with Crippen molar-refractivity contribution in [2.24, 2.45) is 11.7 Å². The van der Waals surface area contributed by atoms with Crippen molar-refractivity contribution in [3.05, 3.63) is 29.6 Å². The van der Waals surface area contributed by atoms with Crippen LogP contribution in [0.15, 0.2) is 17.0 Å². The summed E-state index contributed by atoms with van der Waals surface area (Å²) >= 11 is 0. The minimum atomic E-state index is -4.27. The van der Waals surface area contributed by atoms with Gasteiger partial charge in [-0.25, -0.2) is 26.3 Å². The van der Waals surface area contributed by atoms with E-state index >= 15 is 0 Å². The topological polar surface area (TPSA) is 72.2 Å². The van der Waals surface area contributed by atoms with Gasteiger partial charge in [-0.05, 0) is 18.1 Å². The average Bonchev–Trinajstić information content (AvgIpc) is 2.32. The van der Waals surface area contributed by atoms with E-state index in [1.54, 1.807) is 13.8 Å². The molecule has 0 heterocycles. The highest BCUT2D eigenvalue weighted by atomic mass is 32.2. The van der Waals surface area contributed by atoms with Gasteiger partial charge in [-0.1, -0.05) is 13.8 Å². The second kappa shape index (κ2) is 5.89. The van der Waals surface area contributed by atoms with Crippen LogP contribution in [-0.2, 0) is 10.0 Å². The van der Waals surface area contributed by atoms with Gasteiger partial charge in [-0.15, -0.1) is 0 Å². The van der Waals surface area contributed by atoms with Crippen molar-refractivity contribution < 1.29 is 21.6 Å². The van der Waals surface area contributed by atoms with E-state index in [0.717, 1.165) is 0 Å². The zero-order valence-electron chi connectivity index (χ0n) is 10.5. The minimum absolute atomic E-state index is 0.0116. The van der Waals surface area contributed by atoms with Crippen molar-refractivity contribution in [2.75, 3.05) is 6.54 Å². The molecule has 19 heavy (non-hydrogen) atoms. The number of hydrogen-bond donors (Lipinski definition) is 2. The van der Waals surface area contributed by atoms with E-state index in [1.807, 2.05) is 0 Å². The SMILES string of the molecule is CC(C)C(N)CNS(=O)(=O)c1ccc(F)c(F)c1F. The van der Waals surface area contributed by atoms with Crippen LogP contribution in [0.3, 0.4) is 0 Å². The number of nitrogens with one attached hydrogen (secondary N) is 1. The molecule has 3 N–H and O–H groups in total. The molecule has 0 aromatic heterocycles. The molecule has 8 heteroatoms. The summed E-state index contributed by atoms with van der Waals surface area (Å²) < 4.78 is 64.6. The molecule has 0 aliphatic rings. The Morgan fingerprint density at radius 3 is 2.32 bits per heavy atom. The van der Waals surface area contributed by atoms with E-state index in [4.69, 9.17) is 5.73 Å². The molecule has 0 aliphatic heterocycles. The highest BCUT2D eigenvalue weighted by molar-refractivity contribution is 7.89. The monoisotopic (exact) mass is 296 g/mol. The van der Waals surface area contributed by atoms with E-state index in [2.05, 4.69) is 4.72 Å². The molecular weight excluding hydrogens is 281 g/mol. The summed E-state index contributed by atoms with van der Waals surface area (Å²) in [6.45, 7) is 3.45. The average molecular weight is 296 g/mol. The van der Waals surface area contributed by atoms with E-state index in [9.17, 15) is 21.6 Å². The Balaban J connectivity index is 2.99. The summed E-state index contributed by atoms with van der Waals surface area (Å²) in [5.74, 6) is -5.01. The first-order chi connectivity index (χ1) is 8.66. The lowest BCUT2D eigenvalue weighted by Gasteiger charge is -2.16. The summed E-state index contributed by atoms with van der Waals surface area (Å²) in [6, 6.07) is 0.745. The quantitative estimate of drug-likeness (QED) is 0.806. The first-order valence-electron chi connectivity index (χ1n) is 5.55.